The van der Waals surface area contributed by atoms with Crippen molar-refractivity contribution in [3.63, 3.8) is 0 Å². The molecule has 0 radical (unpaired) electrons. The maximum absolute atomic E-state index is 12.1. The van der Waals surface area contributed by atoms with E-state index in [2.05, 4.69) is 0 Å². The van der Waals surface area contributed by atoms with E-state index in [1.165, 1.54) is 0 Å². The lowest BCUT2D eigenvalue weighted by molar-refractivity contribution is 0.0102. The average Bonchev–Trinajstić information content (AvgIpc) is 2.39. The van der Waals surface area contributed by atoms with E-state index in [0.717, 1.165) is 0 Å². The molecule has 1 atom stereocenters. The predicted octanol–water partition coefficient (Wildman–Crippen LogP) is 2.70. The highest BCUT2D eigenvalue weighted by atomic mass is 16.5. The monoisotopic (exact) mass is 236 g/mol. The molecule has 0 saturated heterocycles. The summed E-state index contributed by atoms with van der Waals surface area (Å²) in [5.74, 6) is 0.0459. The molecule has 0 aliphatic rings. The van der Waals surface area contributed by atoms with Gasteiger partial charge in [0.2, 0.25) is 0 Å². The molecule has 1 aromatic carbocycles. The van der Waals surface area contributed by atoms with Crippen LogP contribution in [0.2, 0.25) is 0 Å². The molecule has 0 saturated carbocycles. The molecule has 0 N–H and O–H groups in total. The number of hydrogen-bond acceptors (Lipinski definition) is 3. The molecule has 94 valence electrons. The van der Waals surface area contributed by atoms with Gasteiger partial charge in [-0.3, -0.25) is 4.79 Å². The van der Waals surface area contributed by atoms with Gasteiger partial charge in [-0.15, -0.1) is 0 Å². The van der Waals surface area contributed by atoms with Gasteiger partial charge in [-0.25, -0.2) is 0 Å². The molecule has 17 heavy (non-hydrogen) atoms. The van der Waals surface area contributed by atoms with Crippen LogP contribution in [-0.2, 0) is 9.47 Å². The average molecular weight is 236 g/mol. The number of rotatable bonds is 8. The number of carbonyl (C=O) groups is 1. The van der Waals surface area contributed by atoms with E-state index in [-0.39, 0.29) is 11.9 Å². The first-order valence-corrected chi connectivity index (χ1v) is 6.08. The smallest absolute Gasteiger partial charge is 0.191 e. The fourth-order valence-electron chi connectivity index (χ4n) is 1.56. The zero-order valence-electron chi connectivity index (χ0n) is 10.5. The Morgan fingerprint density at radius 3 is 2.47 bits per heavy atom. The maximum atomic E-state index is 12.1. The summed E-state index contributed by atoms with van der Waals surface area (Å²) in [7, 11) is 0. The molecule has 0 aliphatic heterocycles. The van der Waals surface area contributed by atoms with Crippen LogP contribution in [0.4, 0.5) is 0 Å². The van der Waals surface area contributed by atoms with Crippen LogP contribution in [0.3, 0.4) is 0 Å². The second-order valence-electron chi connectivity index (χ2n) is 3.69. The number of hydrogen-bond donors (Lipinski definition) is 0. The lowest BCUT2D eigenvalue weighted by Gasteiger charge is -2.14. The Labute approximate surface area is 103 Å². The normalized spacial score (nSPS) is 12.4. The van der Waals surface area contributed by atoms with Gasteiger partial charge in [0.1, 0.15) is 6.10 Å². The summed E-state index contributed by atoms with van der Waals surface area (Å²) >= 11 is 0. The van der Waals surface area contributed by atoms with Crippen LogP contribution in [0.15, 0.2) is 30.3 Å². The van der Waals surface area contributed by atoms with Crippen LogP contribution in [0.1, 0.15) is 30.6 Å². The Bertz CT molecular complexity index is 321. The van der Waals surface area contributed by atoms with E-state index in [0.29, 0.717) is 31.8 Å². The summed E-state index contributed by atoms with van der Waals surface area (Å²) < 4.78 is 10.7. The van der Waals surface area contributed by atoms with Gasteiger partial charge in [0.05, 0.1) is 13.2 Å². The van der Waals surface area contributed by atoms with Crippen LogP contribution >= 0.6 is 0 Å². The fraction of sp³-hybridized carbons (Fsp3) is 0.500. The Balaban J connectivity index is 2.47. The summed E-state index contributed by atoms with van der Waals surface area (Å²) in [6.45, 7) is 5.56. The van der Waals surface area contributed by atoms with E-state index in [9.17, 15) is 4.79 Å². The minimum Gasteiger partial charge on any atom is -0.379 e. The number of carbonyl (C=O) groups excluding carboxylic acids is 1. The first-order chi connectivity index (χ1) is 8.29. The minimum atomic E-state index is -0.363. The Kier molecular flexibility index (Phi) is 6.51. The summed E-state index contributed by atoms with van der Waals surface area (Å²) in [6.07, 6.45) is 0.317. The lowest BCUT2D eigenvalue weighted by Crippen LogP contribution is -2.25. The molecule has 1 rings (SSSR count). The standard InChI is InChI=1S/C14H20O3/c1-3-13(17-11-10-16-4-2)14(15)12-8-6-5-7-9-12/h5-9,13H,3-4,10-11H2,1-2H3. The molecular formula is C14H20O3. The molecule has 1 aromatic rings. The van der Waals surface area contributed by atoms with Crippen molar-refractivity contribution in [2.24, 2.45) is 0 Å². The van der Waals surface area contributed by atoms with Crippen molar-refractivity contribution in [3.8, 4) is 0 Å². The van der Waals surface area contributed by atoms with Gasteiger partial charge >= 0.3 is 0 Å². The molecule has 0 aliphatic carbocycles. The van der Waals surface area contributed by atoms with Gasteiger partial charge in [-0.2, -0.15) is 0 Å². The summed E-state index contributed by atoms with van der Waals surface area (Å²) in [5, 5.41) is 0. The first kappa shape index (κ1) is 13.9. The number of benzene rings is 1. The third kappa shape index (κ3) is 4.67. The molecule has 0 fully saturated rings. The van der Waals surface area contributed by atoms with E-state index < -0.39 is 0 Å². The summed E-state index contributed by atoms with van der Waals surface area (Å²) in [5.41, 5.74) is 0.704. The Hall–Kier alpha value is -1.19. The summed E-state index contributed by atoms with van der Waals surface area (Å²) in [4.78, 5) is 12.1. The molecule has 3 nitrogen and oxygen atoms in total. The molecule has 0 spiro atoms. The van der Waals surface area contributed by atoms with E-state index in [4.69, 9.17) is 9.47 Å². The highest BCUT2D eigenvalue weighted by Gasteiger charge is 2.18. The van der Waals surface area contributed by atoms with Gasteiger partial charge in [-0.1, -0.05) is 37.3 Å². The fourth-order valence-corrected chi connectivity index (χ4v) is 1.56. The van der Waals surface area contributed by atoms with E-state index in [1.807, 2.05) is 44.2 Å². The van der Waals surface area contributed by atoms with Crippen molar-refractivity contribution in [1.82, 2.24) is 0 Å². The molecule has 0 amide bonds. The number of ketones is 1. The molecule has 0 heterocycles. The zero-order valence-corrected chi connectivity index (χ0v) is 10.5. The van der Waals surface area contributed by atoms with Crippen LogP contribution in [0, 0.1) is 0 Å². The van der Waals surface area contributed by atoms with Crippen molar-refractivity contribution in [3.05, 3.63) is 35.9 Å². The van der Waals surface area contributed by atoms with Gasteiger partial charge in [0.25, 0.3) is 0 Å². The quantitative estimate of drug-likeness (QED) is 0.514. The van der Waals surface area contributed by atoms with Crippen LogP contribution in [0.25, 0.3) is 0 Å². The molecular weight excluding hydrogens is 216 g/mol. The van der Waals surface area contributed by atoms with Crippen molar-refractivity contribution >= 4 is 5.78 Å². The Morgan fingerprint density at radius 1 is 1.18 bits per heavy atom. The second kappa shape index (κ2) is 7.98. The van der Waals surface area contributed by atoms with Crippen molar-refractivity contribution in [2.75, 3.05) is 19.8 Å². The molecule has 1 unspecified atom stereocenters. The van der Waals surface area contributed by atoms with Gasteiger partial charge in [-0.05, 0) is 13.3 Å². The third-order valence-corrected chi connectivity index (χ3v) is 2.47. The van der Waals surface area contributed by atoms with Crippen LogP contribution in [0.5, 0.6) is 0 Å². The number of ether oxygens (including phenoxy) is 2. The highest BCUT2D eigenvalue weighted by molar-refractivity contribution is 5.99. The first-order valence-electron chi connectivity index (χ1n) is 6.08. The predicted molar refractivity (Wildman–Crippen MR) is 67.3 cm³/mol. The minimum absolute atomic E-state index is 0.0459. The maximum Gasteiger partial charge on any atom is 0.191 e. The topological polar surface area (TPSA) is 35.5 Å². The molecule has 3 heteroatoms. The Morgan fingerprint density at radius 2 is 1.88 bits per heavy atom. The van der Waals surface area contributed by atoms with Crippen LogP contribution < -0.4 is 0 Å². The van der Waals surface area contributed by atoms with E-state index >= 15 is 0 Å². The highest BCUT2D eigenvalue weighted by Crippen LogP contribution is 2.09. The zero-order chi connectivity index (χ0) is 12.5. The lowest BCUT2D eigenvalue weighted by atomic mass is 10.0. The second-order valence-corrected chi connectivity index (χ2v) is 3.69. The van der Waals surface area contributed by atoms with Crippen molar-refractivity contribution in [2.45, 2.75) is 26.4 Å². The van der Waals surface area contributed by atoms with Gasteiger partial charge in [0, 0.05) is 12.2 Å². The summed E-state index contributed by atoms with van der Waals surface area (Å²) in [6, 6.07) is 9.25. The van der Waals surface area contributed by atoms with Crippen LogP contribution in [-0.4, -0.2) is 31.7 Å². The largest absolute Gasteiger partial charge is 0.379 e. The van der Waals surface area contributed by atoms with Crippen molar-refractivity contribution < 1.29 is 14.3 Å². The van der Waals surface area contributed by atoms with Gasteiger partial charge < -0.3 is 9.47 Å². The van der Waals surface area contributed by atoms with E-state index in [1.54, 1.807) is 0 Å². The van der Waals surface area contributed by atoms with Crippen molar-refractivity contribution in [1.29, 1.82) is 0 Å². The molecule has 0 aromatic heterocycles. The van der Waals surface area contributed by atoms with Gasteiger partial charge in [0.15, 0.2) is 5.78 Å². The molecule has 0 bridgehead atoms. The number of Topliss-reactive ketones (excluding diaryl/α,β-unsaturated/α-hetero) is 1. The SMILES string of the molecule is CCOCCOC(CC)C(=O)c1ccccc1. The third-order valence-electron chi connectivity index (χ3n) is 2.47.